The monoisotopic (exact) mass is 309 g/mol. The molecule has 0 N–H and O–H groups in total. The molecule has 0 amide bonds. The highest BCUT2D eigenvalue weighted by molar-refractivity contribution is 7.98. The van der Waals surface area contributed by atoms with Gasteiger partial charge in [-0.1, -0.05) is 71.9 Å². The molecule has 0 atom stereocenters. The molecule has 3 aromatic rings. The van der Waals surface area contributed by atoms with Crippen LogP contribution in [-0.4, -0.2) is 14.8 Å². The van der Waals surface area contributed by atoms with Crippen LogP contribution < -0.4 is 0 Å². The third-order valence-electron chi connectivity index (χ3n) is 3.54. The fraction of sp³-hybridized carbons (Fsp3) is 0.222. The average molecular weight is 309 g/mol. The Morgan fingerprint density at radius 1 is 0.909 bits per heavy atom. The summed E-state index contributed by atoms with van der Waals surface area (Å²) < 4.78 is 2.18. The van der Waals surface area contributed by atoms with Crippen molar-refractivity contribution in [3.8, 4) is 0 Å². The molecule has 3 rings (SSSR count). The van der Waals surface area contributed by atoms with Crippen molar-refractivity contribution in [2.75, 3.05) is 0 Å². The van der Waals surface area contributed by atoms with Gasteiger partial charge < -0.3 is 4.57 Å². The van der Waals surface area contributed by atoms with Gasteiger partial charge >= 0.3 is 0 Å². The largest absolute Gasteiger partial charge is 0.302 e. The van der Waals surface area contributed by atoms with Gasteiger partial charge in [0.2, 0.25) is 0 Å². The third kappa shape index (κ3) is 3.57. The second-order valence-electron chi connectivity index (χ2n) is 5.38. The van der Waals surface area contributed by atoms with Gasteiger partial charge in [0, 0.05) is 5.75 Å². The number of thioether (sulfide) groups is 1. The van der Waals surface area contributed by atoms with E-state index in [-0.39, 0.29) is 0 Å². The minimum absolute atomic E-state index is 0.815. The van der Waals surface area contributed by atoms with Gasteiger partial charge in [-0.25, -0.2) is 0 Å². The van der Waals surface area contributed by atoms with E-state index in [1.807, 2.05) is 13.0 Å². The molecule has 1 heterocycles. The molecule has 0 bridgehead atoms. The highest BCUT2D eigenvalue weighted by Gasteiger charge is 2.10. The Balaban J connectivity index is 1.74. The van der Waals surface area contributed by atoms with Crippen LogP contribution >= 0.6 is 11.8 Å². The molecule has 112 valence electrons. The molecule has 22 heavy (non-hydrogen) atoms. The first-order chi connectivity index (χ1) is 10.7. The lowest BCUT2D eigenvalue weighted by atomic mass is 10.2. The summed E-state index contributed by atoms with van der Waals surface area (Å²) in [6.45, 7) is 4.94. The summed E-state index contributed by atoms with van der Waals surface area (Å²) in [4.78, 5) is 0. The summed E-state index contributed by atoms with van der Waals surface area (Å²) in [6.07, 6.45) is 0. The molecule has 0 radical (unpaired) electrons. The van der Waals surface area contributed by atoms with Crippen molar-refractivity contribution in [2.24, 2.45) is 0 Å². The SMILES string of the molecule is Cc1cccc(CSc2nnc(C)n2Cc2ccccc2)c1. The third-order valence-corrected chi connectivity index (χ3v) is 4.57. The zero-order chi connectivity index (χ0) is 15.4. The van der Waals surface area contributed by atoms with Crippen molar-refractivity contribution in [2.45, 2.75) is 31.3 Å². The first-order valence-electron chi connectivity index (χ1n) is 7.34. The molecule has 0 saturated heterocycles. The molecule has 1 aromatic heterocycles. The van der Waals surface area contributed by atoms with Crippen LogP contribution in [0.2, 0.25) is 0 Å². The summed E-state index contributed by atoms with van der Waals surface area (Å²) in [5.41, 5.74) is 3.87. The fourth-order valence-electron chi connectivity index (χ4n) is 2.37. The second kappa shape index (κ2) is 6.79. The summed E-state index contributed by atoms with van der Waals surface area (Å²) in [5, 5.41) is 9.53. The van der Waals surface area contributed by atoms with Crippen molar-refractivity contribution in [3.05, 3.63) is 77.1 Å². The fourth-order valence-corrected chi connectivity index (χ4v) is 3.29. The smallest absolute Gasteiger partial charge is 0.191 e. The molecule has 3 nitrogen and oxygen atoms in total. The number of aromatic nitrogens is 3. The normalized spacial score (nSPS) is 10.8. The molecule has 0 unspecified atom stereocenters. The average Bonchev–Trinajstić information content (AvgIpc) is 2.87. The van der Waals surface area contributed by atoms with Crippen molar-refractivity contribution in [1.82, 2.24) is 14.8 Å². The number of hydrogen-bond donors (Lipinski definition) is 0. The molecule has 0 aliphatic carbocycles. The van der Waals surface area contributed by atoms with E-state index in [2.05, 4.69) is 70.2 Å². The van der Waals surface area contributed by atoms with E-state index in [0.29, 0.717) is 0 Å². The summed E-state index contributed by atoms with van der Waals surface area (Å²) in [7, 11) is 0. The van der Waals surface area contributed by atoms with E-state index in [0.717, 1.165) is 23.3 Å². The minimum atomic E-state index is 0.815. The Bertz CT molecular complexity index is 750. The standard InChI is InChI=1S/C18H19N3S/c1-14-7-6-10-17(11-14)13-22-18-20-19-15(2)21(18)12-16-8-4-3-5-9-16/h3-11H,12-13H2,1-2H3. The van der Waals surface area contributed by atoms with Crippen LogP contribution in [0.5, 0.6) is 0 Å². The summed E-state index contributed by atoms with van der Waals surface area (Å²) in [6, 6.07) is 19.0. The van der Waals surface area contributed by atoms with Crippen LogP contribution in [0.15, 0.2) is 59.8 Å². The highest BCUT2D eigenvalue weighted by Crippen LogP contribution is 2.23. The molecule has 4 heteroatoms. The highest BCUT2D eigenvalue weighted by atomic mass is 32.2. The second-order valence-corrected chi connectivity index (χ2v) is 6.32. The number of hydrogen-bond acceptors (Lipinski definition) is 3. The van der Waals surface area contributed by atoms with Crippen molar-refractivity contribution in [3.63, 3.8) is 0 Å². The van der Waals surface area contributed by atoms with E-state index in [1.54, 1.807) is 11.8 Å². The van der Waals surface area contributed by atoms with E-state index in [4.69, 9.17) is 0 Å². The predicted octanol–water partition coefficient (Wildman–Crippen LogP) is 4.24. The van der Waals surface area contributed by atoms with Gasteiger partial charge in [-0.2, -0.15) is 0 Å². The predicted molar refractivity (Wildman–Crippen MR) is 91.0 cm³/mol. The number of benzene rings is 2. The van der Waals surface area contributed by atoms with Crippen molar-refractivity contribution >= 4 is 11.8 Å². The van der Waals surface area contributed by atoms with Gasteiger partial charge in [0.15, 0.2) is 5.16 Å². The number of nitrogens with zero attached hydrogens (tertiary/aromatic N) is 3. The lowest BCUT2D eigenvalue weighted by Crippen LogP contribution is -2.03. The van der Waals surface area contributed by atoms with Gasteiger partial charge in [-0.3, -0.25) is 0 Å². The maximum absolute atomic E-state index is 4.33. The van der Waals surface area contributed by atoms with E-state index >= 15 is 0 Å². The Morgan fingerprint density at radius 3 is 2.45 bits per heavy atom. The van der Waals surface area contributed by atoms with Crippen LogP contribution in [0.4, 0.5) is 0 Å². The zero-order valence-corrected chi connectivity index (χ0v) is 13.7. The molecular weight excluding hydrogens is 290 g/mol. The quantitative estimate of drug-likeness (QED) is 0.661. The van der Waals surface area contributed by atoms with Gasteiger partial charge in [-0.05, 0) is 25.0 Å². The number of rotatable bonds is 5. The van der Waals surface area contributed by atoms with Gasteiger partial charge in [0.25, 0.3) is 0 Å². The van der Waals surface area contributed by atoms with Gasteiger partial charge in [0.05, 0.1) is 6.54 Å². The maximum Gasteiger partial charge on any atom is 0.191 e. The minimum Gasteiger partial charge on any atom is -0.302 e. The Morgan fingerprint density at radius 2 is 1.68 bits per heavy atom. The number of aryl methyl sites for hydroxylation is 2. The Kier molecular flexibility index (Phi) is 4.59. The lowest BCUT2D eigenvalue weighted by molar-refractivity contribution is 0.688. The molecule has 2 aromatic carbocycles. The van der Waals surface area contributed by atoms with Crippen LogP contribution in [0, 0.1) is 13.8 Å². The van der Waals surface area contributed by atoms with Crippen LogP contribution in [0.3, 0.4) is 0 Å². The topological polar surface area (TPSA) is 30.7 Å². The van der Waals surface area contributed by atoms with E-state index < -0.39 is 0 Å². The molecule has 0 fully saturated rings. The van der Waals surface area contributed by atoms with Crippen molar-refractivity contribution < 1.29 is 0 Å². The first kappa shape index (κ1) is 14.9. The van der Waals surface area contributed by atoms with Crippen LogP contribution in [-0.2, 0) is 12.3 Å². The van der Waals surface area contributed by atoms with Crippen molar-refractivity contribution in [1.29, 1.82) is 0 Å². The van der Waals surface area contributed by atoms with E-state index in [1.165, 1.54) is 16.7 Å². The Labute approximate surface area is 135 Å². The van der Waals surface area contributed by atoms with Gasteiger partial charge in [0.1, 0.15) is 5.82 Å². The van der Waals surface area contributed by atoms with Crippen LogP contribution in [0.1, 0.15) is 22.5 Å². The van der Waals surface area contributed by atoms with Gasteiger partial charge in [-0.15, -0.1) is 10.2 Å². The lowest BCUT2D eigenvalue weighted by Gasteiger charge is -2.08. The Hall–Kier alpha value is -2.07. The summed E-state index contributed by atoms with van der Waals surface area (Å²) in [5.74, 6) is 1.87. The maximum atomic E-state index is 4.33. The first-order valence-corrected chi connectivity index (χ1v) is 8.33. The molecule has 0 saturated carbocycles. The molecule has 0 aliphatic rings. The van der Waals surface area contributed by atoms with E-state index in [9.17, 15) is 0 Å². The molecule has 0 spiro atoms. The summed E-state index contributed by atoms with van der Waals surface area (Å²) >= 11 is 1.74. The van der Waals surface area contributed by atoms with Crippen LogP contribution in [0.25, 0.3) is 0 Å². The molecular formula is C18H19N3S. The molecule has 0 aliphatic heterocycles. The zero-order valence-electron chi connectivity index (χ0n) is 12.9.